The van der Waals surface area contributed by atoms with Gasteiger partial charge in [0.15, 0.2) is 5.82 Å². The molecule has 1 fully saturated rings. The molecule has 15 nitrogen and oxygen atoms in total. The molecule has 0 radical (unpaired) electrons. The molecule has 3 aromatic rings. The van der Waals surface area contributed by atoms with Crippen molar-refractivity contribution < 1.29 is 33.5 Å². The zero-order valence-electron chi connectivity index (χ0n) is 26.6. The van der Waals surface area contributed by atoms with Crippen molar-refractivity contribution in [2.75, 3.05) is 25.5 Å². The summed E-state index contributed by atoms with van der Waals surface area (Å²) in [4.78, 5) is 81.5. The number of rotatable bonds is 11. The minimum atomic E-state index is -1.02. The third-order valence-electron chi connectivity index (χ3n) is 8.62. The molecule has 3 aliphatic heterocycles. The van der Waals surface area contributed by atoms with E-state index in [1.165, 1.54) is 18.4 Å². The lowest BCUT2D eigenvalue weighted by Crippen LogP contribution is -2.54. The summed E-state index contributed by atoms with van der Waals surface area (Å²) in [5.74, 6) is -1.64. The summed E-state index contributed by atoms with van der Waals surface area (Å²) in [5.41, 5.74) is 2.51. The van der Waals surface area contributed by atoms with Gasteiger partial charge in [-0.2, -0.15) is 0 Å². The molecular formula is C32H34N8O7S. The predicted octanol–water partition coefficient (Wildman–Crippen LogP) is 2.40. The summed E-state index contributed by atoms with van der Waals surface area (Å²) in [6, 6.07) is 3.39. The number of thiophene rings is 1. The quantitative estimate of drug-likeness (QED) is 0.154. The van der Waals surface area contributed by atoms with Gasteiger partial charge >= 0.3 is 5.97 Å². The Bertz CT molecular complexity index is 1880. The first-order chi connectivity index (χ1) is 23.1. The number of benzene rings is 1. The van der Waals surface area contributed by atoms with Crippen LogP contribution in [0, 0.1) is 13.8 Å². The van der Waals surface area contributed by atoms with Gasteiger partial charge in [-0.25, -0.2) is 0 Å². The predicted molar refractivity (Wildman–Crippen MR) is 173 cm³/mol. The number of esters is 1. The Morgan fingerprint density at radius 3 is 2.62 bits per heavy atom. The van der Waals surface area contributed by atoms with Crippen molar-refractivity contribution >= 4 is 58.7 Å². The molecular weight excluding hydrogens is 640 g/mol. The summed E-state index contributed by atoms with van der Waals surface area (Å²) in [6.45, 7) is 4.66. The maximum atomic E-state index is 13.3. The van der Waals surface area contributed by atoms with Crippen LogP contribution >= 0.6 is 11.3 Å². The third-order valence-corrected chi connectivity index (χ3v) is 9.92. The third kappa shape index (κ3) is 5.98. The van der Waals surface area contributed by atoms with Crippen LogP contribution < -0.4 is 16.0 Å². The molecule has 1 aromatic carbocycles. The molecule has 16 heteroatoms. The highest BCUT2D eigenvalue weighted by molar-refractivity contribution is 7.17. The van der Waals surface area contributed by atoms with Crippen LogP contribution in [0.4, 0.5) is 5.69 Å². The number of fused-ring (bicyclic) bond motifs is 4. The number of imide groups is 2. The Morgan fingerprint density at radius 1 is 1.06 bits per heavy atom. The first kappa shape index (κ1) is 32.7. The molecule has 5 heterocycles. The van der Waals surface area contributed by atoms with Crippen LogP contribution in [0.25, 0.3) is 5.00 Å². The van der Waals surface area contributed by atoms with Crippen LogP contribution in [0.3, 0.4) is 0 Å². The van der Waals surface area contributed by atoms with E-state index in [-0.39, 0.29) is 36.3 Å². The highest BCUT2D eigenvalue weighted by Gasteiger charge is 2.45. The van der Waals surface area contributed by atoms with Crippen LogP contribution in [-0.4, -0.2) is 87.6 Å². The van der Waals surface area contributed by atoms with Crippen molar-refractivity contribution in [2.45, 2.75) is 64.5 Å². The van der Waals surface area contributed by atoms with E-state index < -0.39 is 41.7 Å². The Morgan fingerprint density at radius 2 is 1.85 bits per heavy atom. The maximum Gasteiger partial charge on any atom is 0.308 e. The summed E-state index contributed by atoms with van der Waals surface area (Å²) in [7, 11) is 1.32. The lowest BCUT2D eigenvalue weighted by molar-refractivity contribution is -0.141. The number of hydrogen-bond acceptors (Lipinski definition) is 12. The van der Waals surface area contributed by atoms with Gasteiger partial charge in [0.25, 0.3) is 17.7 Å². The van der Waals surface area contributed by atoms with Crippen LogP contribution in [0.5, 0.6) is 0 Å². The summed E-state index contributed by atoms with van der Waals surface area (Å²) in [5, 5.41) is 17.7. The van der Waals surface area contributed by atoms with Gasteiger partial charge in [-0.1, -0.05) is 6.07 Å². The fraction of sp³-hybridized carbons (Fsp3) is 0.406. The first-order valence-corrected chi connectivity index (χ1v) is 16.4. The SMILES string of the molecule is COC(=O)C[C@@H]1N=Cc2c(sc(C(=O)NCCCCCNc3cccc4c3C(=O)N(C3CCC(=O)NC3=O)C4=O)c2C)-n2c(C)nnc21. The molecule has 48 heavy (non-hydrogen) atoms. The van der Waals surface area contributed by atoms with E-state index in [1.54, 1.807) is 24.4 Å². The van der Waals surface area contributed by atoms with Gasteiger partial charge in [-0.15, -0.1) is 21.5 Å². The van der Waals surface area contributed by atoms with Crippen LogP contribution in [0.15, 0.2) is 23.2 Å². The molecule has 3 N–H and O–H groups in total. The van der Waals surface area contributed by atoms with Crippen molar-refractivity contribution in [1.29, 1.82) is 0 Å². The Labute approximate surface area is 279 Å². The summed E-state index contributed by atoms with van der Waals surface area (Å²) in [6.07, 6.45) is 4.11. The van der Waals surface area contributed by atoms with Crippen molar-refractivity contribution in [2.24, 2.45) is 4.99 Å². The molecule has 1 saturated heterocycles. The van der Waals surface area contributed by atoms with E-state index >= 15 is 0 Å². The normalized spacial score (nSPS) is 18.2. The molecule has 0 aliphatic carbocycles. The van der Waals surface area contributed by atoms with E-state index in [4.69, 9.17) is 4.74 Å². The molecule has 5 amide bonds. The van der Waals surface area contributed by atoms with Crippen molar-refractivity contribution in [1.82, 2.24) is 30.3 Å². The number of carbonyl (C=O) groups is 6. The molecule has 6 rings (SSSR count). The average molecular weight is 675 g/mol. The van der Waals surface area contributed by atoms with Crippen LogP contribution in [0.1, 0.15) is 97.7 Å². The second kappa shape index (κ2) is 13.5. The van der Waals surface area contributed by atoms with Crippen molar-refractivity contribution in [3.05, 3.63) is 57.0 Å². The van der Waals surface area contributed by atoms with Gasteiger partial charge in [0.1, 0.15) is 22.9 Å². The van der Waals surface area contributed by atoms with Gasteiger partial charge in [-0.3, -0.25) is 48.5 Å². The lowest BCUT2D eigenvalue weighted by Gasteiger charge is -2.27. The molecule has 0 bridgehead atoms. The monoisotopic (exact) mass is 674 g/mol. The molecule has 1 unspecified atom stereocenters. The van der Waals surface area contributed by atoms with Crippen LogP contribution in [-0.2, 0) is 19.1 Å². The summed E-state index contributed by atoms with van der Waals surface area (Å²) < 4.78 is 6.66. The van der Waals surface area contributed by atoms with Crippen molar-refractivity contribution in [3.63, 3.8) is 0 Å². The number of piperidine rings is 1. The number of hydrogen-bond donors (Lipinski definition) is 3. The highest BCUT2D eigenvalue weighted by Crippen LogP contribution is 2.37. The number of carbonyl (C=O) groups excluding carboxylic acids is 6. The Kier molecular flexibility index (Phi) is 9.17. The number of anilines is 1. The molecule has 250 valence electrons. The second-order valence-electron chi connectivity index (χ2n) is 11.7. The number of amides is 5. The number of unbranched alkanes of at least 4 members (excludes halogenated alkanes) is 2. The fourth-order valence-electron chi connectivity index (χ4n) is 6.10. The van der Waals surface area contributed by atoms with E-state index in [0.717, 1.165) is 40.3 Å². The number of aromatic nitrogens is 3. The molecule has 3 aliphatic rings. The Hall–Kier alpha value is -5.25. The van der Waals surface area contributed by atoms with E-state index in [1.807, 2.05) is 18.4 Å². The number of methoxy groups -OCH3 is 1. The molecule has 2 aromatic heterocycles. The fourth-order valence-corrected chi connectivity index (χ4v) is 7.36. The summed E-state index contributed by atoms with van der Waals surface area (Å²) >= 11 is 1.32. The van der Waals surface area contributed by atoms with Gasteiger partial charge in [-0.05, 0) is 57.2 Å². The standard InChI is InChI=1S/C32H34N8O7S/c1-16-19-15-35-21(14-24(42)47-3)27-38-37-17(2)39(27)32(19)48-26(16)29(44)34-13-6-4-5-12-33-20-9-7-8-18-25(20)31(46)40(30(18)45)22-10-11-23(41)36-28(22)43/h7-9,15,21-22,33H,4-6,10-14H2,1-3H3,(H,34,44)(H,36,41,43)/t21-,22?/m0/s1. The number of ether oxygens (including phenoxy) is 1. The maximum absolute atomic E-state index is 13.3. The van der Waals surface area contributed by atoms with Crippen LogP contribution in [0.2, 0.25) is 0 Å². The van der Waals surface area contributed by atoms with E-state index in [2.05, 4.69) is 31.1 Å². The molecule has 0 saturated carbocycles. The first-order valence-electron chi connectivity index (χ1n) is 15.6. The molecule has 0 spiro atoms. The lowest BCUT2D eigenvalue weighted by atomic mass is 10.0. The zero-order chi connectivity index (χ0) is 34.1. The van der Waals surface area contributed by atoms with Gasteiger partial charge in [0.2, 0.25) is 11.8 Å². The van der Waals surface area contributed by atoms with E-state index in [0.29, 0.717) is 35.3 Å². The largest absolute Gasteiger partial charge is 0.469 e. The number of nitrogens with one attached hydrogen (secondary N) is 3. The number of nitrogens with zero attached hydrogens (tertiary/aromatic N) is 5. The minimum absolute atomic E-state index is 0.0243. The number of aliphatic imine (C=N–C) groups is 1. The zero-order valence-corrected chi connectivity index (χ0v) is 27.4. The molecule has 2 atom stereocenters. The second-order valence-corrected chi connectivity index (χ2v) is 12.7. The topological polar surface area (TPSA) is 194 Å². The number of aryl methyl sites for hydroxylation is 1. The van der Waals surface area contributed by atoms with E-state index in [9.17, 15) is 28.8 Å². The smallest absolute Gasteiger partial charge is 0.308 e. The van der Waals surface area contributed by atoms with Gasteiger partial charge in [0, 0.05) is 37.0 Å². The average Bonchev–Trinajstić information content (AvgIpc) is 3.65. The van der Waals surface area contributed by atoms with Crippen molar-refractivity contribution in [3.8, 4) is 5.00 Å². The Balaban J connectivity index is 1.01. The van der Waals surface area contributed by atoms with Gasteiger partial charge < -0.3 is 15.4 Å². The highest BCUT2D eigenvalue weighted by atomic mass is 32.1. The van der Waals surface area contributed by atoms with Gasteiger partial charge in [0.05, 0.1) is 29.5 Å². The minimum Gasteiger partial charge on any atom is -0.469 e.